The van der Waals surface area contributed by atoms with E-state index in [1.165, 1.54) is 0 Å². The summed E-state index contributed by atoms with van der Waals surface area (Å²) in [6.45, 7) is 12.6. The molecule has 0 bridgehead atoms. The summed E-state index contributed by atoms with van der Waals surface area (Å²) in [6.07, 6.45) is 5.42. The van der Waals surface area contributed by atoms with Gasteiger partial charge >= 0.3 is 0 Å². The molecule has 4 aromatic rings. The van der Waals surface area contributed by atoms with Crippen molar-refractivity contribution in [3.8, 4) is 17.0 Å². The van der Waals surface area contributed by atoms with Crippen LogP contribution in [0, 0.1) is 5.41 Å². The fourth-order valence-corrected chi connectivity index (χ4v) is 6.21. The van der Waals surface area contributed by atoms with Crippen LogP contribution in [-0.4, -0.2) is 60.3 Å². The van der Waals surface area contributed by atoms with Gasteiger partial charge in [-0.15, -0.1) is 0 Å². The minimum absolute atomic E-state index is 0.0334. The van der Waals surface area contributed by atoms with Crippen molar-refractivity contribution >= 4 is 45.4 Å². The first-order valence-electron chi connectivity index (χ1n) is 14.1. The maximum Gasteiger partial charge on any atom is 0.202 e. The number of fused-ring (bicyclic) bond motifs is 1. The zero-order valence-corrected chi connectivity index (χ0v) is 26.6. The Hall–Kier alpha value is -3.28. The number of benzene rings is 1. The maximum atomic E-state index is 12.7. The highest BCUT2D eigenvalue weighted by molar-refractivity contribution is 7.84. The van der Waals surface area contributed by atoms with Crippen molar-refractivity contribution in [1.82, 2.24) is 29.9 Å². The average Bonchev–Trinajstić information content (AvgIpc) is 3.40. The molecule has 1 saturated heterocycles. The number of halogens is 1. The zero-order valence-electron chi connectivity index (χ0n) is 25.0. The topological polar surface area (TPSA) is 121 Å². The van der Waals surface area contributed by atoms with Crippen molar-refractivity contribution in [1.29, 1.82) is 0 Å². The number of aromatic amines is 1. The van der Waals surface area contributed by atoms with Crippen LogP contribution in [0.3, 0.4) is 0 Å². The van der Waals surface area contributed by atoms with Crippen molar-refractivity contribution in [2.45, 2.75) is 64.8 Å². The Balaban J connectivity index is 1.28. The number of pyridine rings is 1. The quantitative estimate of drug-likeness (QED) is 0.219. The Kier molecular flexibility index (Phi) is 8.73. The molecule has 42 heavy (non-hydrogen) atoms. The van der Waals surface area contributed by atoms with Gasteiger partial charge < -0.3 is 15.0 Å². The Morgan fingerprint density at radius 2 is 1.88 bits per heavy atom. The van der Waals surface area contributed by atoms with Crippen LogP contribution in [0.4, 0.5) is 11.6 Å². The van der Waals surface area contributed by atoms with Gasteiger partial charge in [-0.25, -0.2) is 23.9 Å². The molecule has 5 rings (SSSR count). The van der Waals surface area contributed by atoms with E-state index >= 15 is 0 Å². The first-order chi connectivity index (χ1) is 20.0. The Bertz CT molecular complexity index is 1560. The molecule has 12 heteroatoms. The van der Waals surface area contributed by atoms with Gasteiger partial charge in [-0.05, 0) is 69.7 Å². The molecule has 224 valence electrons. The summed E-state index contributed by atoms with van der Waals surface area (Å²) in [5.41, 5.74) is 3.74. The van der Waals surface area contributed by atoms with Gasteiger partial charge in [0.25, 0.3) is 0 Å². The number of anilines is 2. The Morgan fingerprint density at radius 3 is 2.55 bits per heavy atom. The van der Waals surface area contributed by atoms with Crippen molar-refractivity contribution in [2.75, 3.05) is 30.4 Å². The van der Waals surface area contributed by atoms with E-state index in [1.54, 1.807) is 19.5 Å². The van der Waals surface area contributed by atoms with Gasteiger partial charge in [0.15, 0.2) is 0 Å². The second-order valence-corrected chi connectivity index (χ2v) is 14.5. The van der Waals surface area contributed by atoms with E-state index in [4.69, 9.17) is 26.3 Å². The fraction of sp³-hybridized carbons (Fsp3) is 0.467. The lowest BCUT2D eigenvalue weighted by Gasteiger charge is -2.44. The van der Waals surface area contributed by atoms with Gasteiger partial charge in [-0.1, -0.05) is 30.7 Å². The molecule has 0 radical (unpaired) electrons. The van der Waals surface area contributed by atoms with Crippen LogP contribution in [0.1, 0.15) is 53.0 Å². The summed E-state index contributed by atoms with van der Waals surface area (Å²) in [5.74, 6) is 2.18. The molecular weight excluding hydrogens is 572 g/mol. The highest BCUT2D eigenvalue weighted by Crippen LogP contribution is 2.38. The molecule has 4 heterocycles. The molecule has 1 aromatic carbocycles. The lowest BCUT2D eigenvalue weighted by atomic mass is 9.75. The Morgan fingerprint density at radius 1 is 1.17 bits per heavy atom. The van der Waals surface area contributed by atoms with Crippen LogP contribution >= 0.6 is 11.6 Å². The first kappa shape index (κ1) is 30.2. The van der Waals surface area contributed by atoms with Gasteiger partial charge in [0.1, 0.15) is 22.9 Å². The summed E-state index contributed by atoms with van der Waals surface area (Å²) in [5, 5.41) is 11.4. The predicted octanol–water partition coefficient (Wildman–Crippen LogP) is 5.74. The lowest BCUT2D eigenvalue weighted by Crippen LogP contribution is -2.51. The lowest BCUT2D eigenvalue weighted by molar-refractivity contribution is 0.194. The standard InChI is InChI=1S/C30H39ClN8O2S/c1-19(38-42(40)29(2,3)4)30(5)12-15-39(16-13-30)23-18-33-26-25(36-37-28(26)35-23)22-11-14-32-27(24(22)31)34-17-20-7-9-21(41-6)10-8-20/h7-11,14,18-19,38H,12-13,15-17H2,1-6H3,(H,32,34)(H,35,36,37)/t19?,42-/m1/s1. The molecule has 10 nitrogen and oxygen atoms in total. The Labute approximate surface area is 254 Å². The zero-order chi connectivity index (χ0) is 30.1. The fourth-order valence-electron chi connectivity index (χ4n) is 4.98. The highest BCUT2D eigenvalue weighted by Gasteiger charge is 2.37. The average molecular weight is 611 g/mol. The smallest absolute Gasteiger partial charge is 0.202 e. The molecule has 3 aromatic heterocycles. The van der Waals surface area contributed by atoms with Crippen LogP contribution in [0.2, 0.25) is 5.02 Å². The van der Waals surface area contributed by atoms with Crippen molar-refractivity contribution in [3.05, 3.63) is 53.3 Å². The van der Waals surface area contributed by atoms with Gasteiger partial charge in [0.05, 0.1) is 39.8 Å². The molecule has 2 atom stereocenters. The summed E-state index contributed by atoms with van der Waals surface area (Å²) >= 11 is 6.80. The number of methoxy groups -OCH3 is 1. The molecule has 0 saturated carbocycles. The minimum Gasteiger partial charge on any atom is -0.497 e. The van der Waals surface area contributed by atoms with E-state index in [0.29, 0.717) is 34.2 Å². The van der Waals surface area contributed by atoms with E-state index in [2.05, 4.69) is 44.0 Å². The van der Waals surface area contributed by atoms with Crippen molar-refractivity contribution in [2.24, 2.45) is 5.41 Å². The molecular formula is C30H39ClN8O2S. The first-order valence-corrected chi connectivity index (χ1v) is 15.7. The van der Waals surface area contributed by atoms with Crippen LogP contribution < -0.4 is 19.7 Å². The number of piperidine rings is 1. The largest absolute Gasteiger partial charge is 0.497 e. The van der Waals surface area contributed by atoms with Gasteiger partial charge in [0.2, 0.25) is 5.65 Å². The number of rotatable bonds is 9. The van der Waals surface area contributed by atoms with Crippen molar-refractivity contribution < 1.29 is 8.95 Å². The summed E-state index contributed by atoms with van der Waals surface area (Å²) in [7, 11) is 0.545. The van der Waals surface area contributed by atoms with Gasteiger partial charge in [0, 0.05) is 37.4 Å². The van der Waals surface area contributed by atoms with Crippen LogP contribution in [0.15, 0.2) is 42.7 Å². The second-order valence-electron chi connectivity index (χ2n) is 12.1. The SMILES string of the molecule is COc1ccc(CNc2nccc(-c3[nH]nc4nc(N5CCC(C)(C(C)N[S@](=O)C(C)(C)C)CC5)cnc34)c2Cl)cc1. The molecule has 0 amide bonds. The molecule has 1 aliphatic rings. The number of ether oxygens (including phenoxy) is 1. The monoisotopic (exact) mass is 610 g/mol. The number of H-pyrrole nitrogens is 1. The molecule has 1 unspecified atom stereocenters. The van der Waals surface area contributed by atoms with Crippen LogP contribution in [-0.2, 0) is 17.5 Å². The van der Waals surface area contributed by atoms with E-state index in [1.807, 2.05) is 51.1 Å². The third-order valence-electron chi connectivity index (χ3n) is 8.14. The summed E-state index contributed by atoms with van der Waals surface area (Å²) in [6, 6.07) is 9.80. The van der Waals surface area contributed by atoms with Crippen molar-refractivity contribution in [3.63, 3.8) is 0 Å². The summed E-state index contributed by atoms with van der Waals surface area (Å²) in [4.78, 5) is 16.3. The number of hydrogen-bond donors (Lipinski definition) is 3. The summed E-state index contributed by atoms with van der Waals surface area (Å²) < 4.78 is 20.9. The highest BCUT2D eigenvalue weighted by atomic mass is 35.5. The molecule has 1 fully saturated rings. The van der Waals surface area contributed by atoms with E-state index < -0.39 is 11.0 Å². The van der Waals surface area contributed by atoms with Crippen LogP contribution in [0.25, 0.3) is 22.4 Å². The van der Waals surface area contributed by atoms with E-state index in [-0.39, 0.29) is 16.2 Å². The van der Waals surface area contributed by atoms with E-state index in [0.717, 1.165) is 48.6 Å². The molecule has 0 aliphatic carbocycles. The molecule has 3 N–H and O–H groups in total. The normalized spacial score (nSPS) is 16.8. The molecule has 1 aliphatic heterocycles. The predicted molar refractivity (Wildman–Crippen MR) is 170 cm³/mol. The third kappa shape index (κ3) is 6.38. The number of aromatic nitrogens is 5. The van der Waals surface area contributed by atoms with Crippen LogP contribution in [0.5, 0.6) is 5.75 Å². The van der Waals surface area contributed by atoms with Gasteiger partial charge in [-0.3, -0.25) is 5.10 Å². The third-order valence-corrected chi connectivity index (χ3v) is 10.2. The number of hydrogen-bond acceptors (Lipinski definition) is 8. The van der Waals surface area contributed by atoms with E-state index in [9.17, 15) is 4.21 Å². The number of nitrogens with one attached hydrogen (secondary N) is 3. The minimum atomic E-state index is -1.10. The number of nitrogens with zero attached hydrogens (tertiary/aromatic N) is 5. The maximum absolute atomic E-state index is 12.7. The molecule has 0 spiro atoms. The van der Waals surface area contributed by atoms with Gasteiger partial charge in [-0.2, -0.15) is 5.10 Å². The second kappa shape index (κ2) is 12.1.